The van der Waals surface area contributed by atoms with Crippen molar-refractivity contribution in [2.75, 3.05) is 26.7 Å². The smallest absolute Gasteiger partial charge is 0.256 e. The number of hydrogen-bond donors (Lipinski definition) is 5. The van der Waals surface area contributed by atoms with Crippen molar-refractivity contribution >= 4 is 23.3 Å². The van der Waals surface area contributed by atoms with Crippen LogP contribution in [0.2, 0.25) is 5.02 Å². The summed E-state index contributed by atoms with van der Waals surface area (Å²) in [5.74, 6) is 0.687. The van der Waals surface area contributed by atoms with Crippen LogP contribution in [-0.2, 0) is 11.3 Å². The van der Waals surface area contributed by atoms with Crippen LogP contribution in [0.1, 0.15) is 18.4 Å². The second-order valence-electron chi connectivity index (χ2n) is 6.18. The van der Waals surface area contributed by atoms with Crippen molar-refractivity contribution in [1.29, 1.82) is 5.41 Å². The van der Waals surface area contributed by atoms with Crippen LogP contribution in [0.15, 0.2) is 30.0 Å². The van der Waals surface area contributed by atoms with Crippen molar-refractivity contribution in [2.45, 2.75) is 19.4 Å². The zero-order valence-corrected chi connectivity index (χ0v) is 15.7. The molecule has 1 aromatic carbocycles. The van der Waals surface area contributed by atoms with Gasteiger partial charge in [-0.1, -0.05) is 17.7 Å². The summed E-state index contributed by atoms with van der Waals surface area (Å²) in [5.41, 5.74) is 6.55. The molecule has 6 N–H and O–H groups in total. The Morgan fingerprint density at radius 2 is 2.15 bits per heavy atom. The van der Waals surface area contributed by atoms with Crippen molar-refractivity contribution in [1.82, 2.24) is 16.0 Å². The van der Waals surface area contributed by atoms with Crippen LogP contribution in [0.4, 0.5) is 0 Å². The standard InChI is InChI=1S/C18H26ClN5O2/c1-26-16-3-2-13(8-15(16)19)11-23-17(21)14(9-20)18(25)24-10-12-4-6-22-7-5-12/h2-3,8-9,12,22H,4-7,10-11,20H2,1H3,(H2,21,23)(H,24,25)/b14-9+. The van der Waals surface area contributed by atoms with Crippen LogP contribution in [0.25, 0.3) is 0 Å². The largest absolute Gasteiger partial charge is 0.495 e. The van der Waals surface area contributed by atoms with Gasteiger partial charge >= 0.3 is 0 Å². The lowest BCUT2D eigenvalue weighted by Gasteiger charge is -2.23. The van der Waals surface area contributed by atoms with E-state index in [1.54, 1.807) is 19.2 Å². The van der Waals surface area contributed by atoms with Crippen LogP contribution < -0.4 is 26.4 Å². The highest BCUT2D eigenvalue weighted by Gasteiger charge is 2.18. The predicted octanol–water partition coefficient (Wildman–Crippen LogP) is 1.37. The summed E-state index contributed by atoms with van der Waals surface area (Å²) in [6, 6.07) is 5.35. The lowest BCUT2D eigenvalue weighted by molar-refractivity contribution is -0.117. The maximum absolute atomic E-state index is 12.3. The van der Waals surface area contributed by atoms with Gasteiger partial charge in [-0.05, 0) is 49.5 Å². The Hall–Kier alpha value is -2.25. The van der Waals surface area contributed by atoms with Gasteiger partial charge in [-0.2, -0.15) is 0 Å². The average molecular weight is 380 g/mol. The summed E-state index contributed by atoms with van der Waals surface area (Å²) >= 11 is 6.09. The maximum atomic E-state index is 12.3. The Morgan fingerprint density at radius 1 is 1.42 bits per heavy atom. The number of carbonyl (C=O) groups is 1. The molecule has 0 bridgehead atoms. The van der Waals surface area contributed by atoms with Gasteiger partial charge in [0.05, 0.1) is 17.7 Å². The van der Waals surface area contributed by atoms with Crippen LogP contribution in [-0.4, -0.2) is 38.5 Å². The minimum absolute atomic E-state index is 0.0257. The SMILES string of the molecule is COc1ccc(CNC(=N)/C(=C\N)C(=O)NCC2CCNCC2)cc1Cl. The molecule has 142 valence electrons. The zero-order chi connectivity index (χ0) is 18.9. The number of benzene rings is 1. The second-order valence-corrected chi connectivity index (χ2v) is 6.59. The third-order valence-electron chi connectivity index (χ3n) is 4.38. The fourth-order valence-corrected chi connectivity index (χ4v) is 3.08. The molecule has 0 aromatic heterocycles. The first-order valence-electron chi connectivity index (χ1n) is 8.61. The van der Waals surface area contributed by atoms with Gasteiger partial charge in [0.2, 0.25) is 0 Å². The van der Waals surface area contributed by atoms with E-state index in [4.69, 9.17) is 27.5 Å². The molecule has 0 saturated carbocycles. The topological polar surface area (TPSA) is 112 Å². The van der Waals surface area contributed by atoms with E-state index < -0.39 is 0 Å². The lowest BCUT2D eigenvalue weighted by Crippen LogP contribution is -2.39. The Kier molecular flexibility index (Phi) is 7.74. The van der Waals surface area contributed by atoms with Crippen LogP contribution in [0, 0.1) is 11.3 Å². The Balaban J connectivity index is 1.85. The summed E-state index contributed by atoms with van der Waals surface area (Å²) in [4.78, 5) is 12.3. The first kappa shape index (κ1) is 20.1. The third-order valence-corrected chi connectivity index (χ3v) is 4.67. The quantitative estimate of drug-likeness (QED) is 0.279. The van der Waals surface area contributed by atoms with Gasteiger partial charge in [-0.15, -0.1) is 0 Å². The van der Waals surface area contributed by atoms with Crippen LogP contribution >= 0.6 is 11.6 Å². The first-order chi connectivity index (χ1) is 12.5. The number of methoxy groups -OCH3 is 1. The molecule has 0 radical (unpaired) electrons. The van der Waals surface area contributed by atoms with E-state index in [0.29, 0.717) is 29.8 Å². The molecule has 0 atom stereocenters. The van der Waals surface area contributed by atoms with E-state index in [-0.39, 0.29) is 17.3 Å². The molecule has 8 heteroatoms. The number of amides is 1. The van der Waals surface area contributed by atoms with Crippen molar-refractivity contribution < 1.29 is 9.53 Å². The molecule has 1 fully saturated rings. The van der Waals surface area contributed by atoms with E-state index in [1.807, 2.05) is 6.07 Å². The van der Waals surface area contributed by atoms with Gasteiger partial charge in [0, 0.05) is 19.3 Å². The molecule has 0 aliphatic carbocycles. The van der Waals surface area contributed by atoms with Crippen molar-refractivity contribution in [3.8, 4) is 5.75 Å². The normalized spacial score (nSPS) is 15.4. The van der Waals surface area contributed by atoms with Crippen LogP contribution in [0.3, 0.4) is 0 Å². The Morgan fingerprint density at radius 3 is 2.77 bits per heavy atom. The van der Waals surface area contributed by atoms with Crippen LogP contribution in [0.5, 0.6) is 5.75 Å². The molecule has 0 unspecified atom stereocenters. The highest BCUT2D eigenvalue weighted by atomic mass is 35.5. The summed E-state index contributed by atoms with van der Waals surface area (Å²) in [6.07, 6.45) is 3.24. The fourth-order valence-electron chi connectivity index (χ4n) is 2.80. The second kappa shape index (κ2) is 10.0. The first-order valence-corrected chi connectivity index (χ1v) is 8.99. The number of halogens is 1. The van der Waals surface area contributed by atoms with E-state index in [1.165, 1.54) is 0 Å². The minimum atomic E-state index is -0.337. The molecule has 1 aliphatic rings. The monoisotopic (exact) mass is 379 g/mol. The highest BCUT2D eigenvalue weighted by Crippen LogP contribution is 2.24. The molecule has 1 saturated heterocycles. The molecular formula is C18H26ClN5O2. The van der Waals surface area contributed by atoms with E-state index in [2.05, 4.69) is 16.0 Å². The van der Waals surface area contributed by atoms with E-state index in [0.717, 1.165) is 37.7 Å². The summed E-state index contributed by atoms with van der Waals surface area (Å²) in [7, 11) is 1.55. The molecule has 7 nitrogen and oxygen atoms in total. The predicted molar refractivity (Wildman–Crippen MR) is 103 cm³/mol. The highest BCUT2D eigenvalue weighted by molar-refractivity contribution is 6.32. The molecule has 1 aromatic rings. The third kappa shape index (κ3) is 5.64. The number of nitrogens with two attached hydrogens (primary N) is 1. The zero-order valence-electron chi connectivity index (χ0n) is 14.9. The molecule has 1 amide bonds. The average Bonchev–Trinajstić information content (AvgIpc) is 2.66. The number of hydrogen-bond acceptors (Lipinski definition) is 5. The van der Waals surface area contributed by atoms with E-state index >= 15 is 0 Å². The fraction of sp³-hybridized carbons (Fsp3) is 0.444. The maximum Gasteiger partial charge on any atom is 0.256 e. The van der Waals surface area contributed by atoms with Gasteiger partial charge in [0.25, 0.3) is 5.91 Å². The number of piperidine rings is 1. The summed E-state index contributed by atoms with van der Waals surface area (Å²) in [6.45, 7) is 2.89. The molecule has 1 heterocycles. The number of rotatable bonds is 7. The molecule has 2 rings (SSSR count). The molecule has 0 spiro atoms. The van der Waals surface area contributed by atoms with Gasteiger partial charge in [0.1, 0.15) is 11.6 Å². The lowest BCUT2D eigenvalue weighted by atomic mass is 9.98. The van der Waals surface area contributed by atoms with Gasteiger partial charge in [0.15, 0.2) is 0 Å². The van der Waals surface area contributed by atoms with Gasteiger partial charge in [-0.25, -0.2) is 0 Å². The van der Waals surface area contributed by atoms with Crippen molar-refractivity contribution in [3.05, 3.63) is 40.6 Å². The van der Waals surface area contributed by atoms with Crippen molar-refractivity contribution in [2.24, 2.45) is 11.7 Å². The summed E-state index contributed by atoms with van der Waals surface area (Å²) in [5, 5.41) is 17.6. The number of amidine groups is 1. The van der Waals surface area contributed by atoms with E-state index in [9.17, 15) is 4.79 Å². The van der Waals surface area contributed by atoms with Gasteiger partial charge in [-0.3, -0.25) is 10.2 Å². The Bertz CT molecular complexity index is 672. The number of ether oxygens (including phenoxy) is 1. The molecular weight excluding hydrogens is 354 g/mol. The minimum Gasteiger partial charge on any atom is -0.495 e. The molecule has 1 aliphatic heterocycles. The number of carbonyl (C=O) groups excluding carboxylic acids is 1. The Labute approximate surface area is 158 Å². The summed E-state index contributed by atoms with van der Waals surface area (Å²) < 4.78 is 5.11. The number of nitrogens with one attached hydrogen (secondary N) is 4. The molecule has 26 heavy (non-hydrogen) atoms. The van der Waals surface area contributed by atoms with Gasteiger partial charge < -0.3 is 26.4 Å². The van der Waals surface area contributed by atoms with Crippen molar-refractivity contribution in [3.63, 3.8) is 0 Å².